The van der Waals surface area contributed by atoms with Gasteiger partial charge in [-0.1, -0.05) is 0 Å². The molecule has 0 radical (unpaired) electrons. The fraction of sp³-hybridized carbons (Fsp3) is 0.625. The number of thioether (sulfide) groups is 1. The fourth-order valence-corrected chi connectivity index (χ4v) is 2.70. The van der Waals surface area contributed by atoms with Crippen LogP contribution in [0.5, 0.6) is 0 Å². The van der Waals surface area contributed by atoms with Gasteiger partial charge in [0.25, 0.3) is 0 Å². The maximum absolute atomic E-state index is 11.3. The number of ketones is 1. The SMILES string of the molecule is CC1NC2=C(CCCC2=O)S1. The van der Waals surface area contributed by atoms with Gasteiger partial charge in [0.1, 0.15) is 0 Å². The van der Waals surface area contributed by atoms with Gasteiger partial charge in [0, 0.05) is 11.3 Å². The van der Waals surface area contributed by atoms with E-state index in [0.29, 0.717) is 11.2 Å². The molecule has 0 aromatic heterocycles. The summed E-state index contributed by atoms with van der Waals surface area (Å²) < 4.78 is 0. The fourth-order valence-electron chi connectivity index (χ4n) is 1.54. The Bertz CT molecular complexity index is 234. The summed E-state index contributed by atoms with van der Waals surface area (Å²) in [4.78, 5) is 12.6. The Morgan fingerprint density at radius 3 is 3.09 bits per heavy atom. The monoisotopic (exact) mass is 169 g/mol. The summed E-state index contributed by atoms with van der Waals surface area (Å²) in [5.41, 5.74) is 0.911. The van der Waals surface area contributed by atoms with Crippen LogP contribution in [0.1, 0.15) is 26.2 Å². The van der Waals surface area contributed by atoms with Crippen molar-refractivity contribution in [2.75, 3.05) is 0 Å². The molecule has 11 heavy (non-hydrogen) atoms. The average Bonchev–Trinajstić information content (AvgIpc) is 2.31. The smallest absolute Gasteiger partial charge is 0.179 e. The van der Waals surface area contributed by atoms with E-state index < -0.39 is 0 Å². The van der Waals surface area contributed by atoms with Crippen LogP contribution < -0.4 is 5.32 Å². The standard InChI is InChI=1S/C8H11NOS/c1-5-9-8-6(10)3-2-4-7(8)11-5/h5,9H,2-4H2,1H3. The van der Waals surface area contributed by atoms with Gasteiger partial charge in [-0.25, -0.2) is 0 Å². The zero-order valence-electron chi connectivity index (χ0n) is 6.52. The van der Waals surface area contributed by atoms with Crippen molar-refractivity contribution in [2.45, 2.75) is 31.6 Å². The van der Waals surface area contributed by atoms with Crippen molar-refractivity contribution >= 4 is 17.5 Å². The maximum atomic E-state index is 11.3. The minimum atomic E-state index is 0.308. The second-order valence-corrected chi connectivity index (χ2v) is 4.41. The molecule has 1 N–H and O–H groups in total. The van der Waals surface area contributed by atoms with Crippen LogP contribution in [0, 0.1) is 0 Å². The molecule has 2 rings (SSSR count). The van der Waals surface area contributed by atoms with Gasteiger partial charge in [0.15, 0.2) is 5.78 Å². The Kier molecular flexibility index (Phi) is 1.68. The molecule has 2 nitrogen and oxygen atoms in total. The van der Waals surface area contributed by atoms with Crippen LogP contribution in [0.2, 0.25) is 0 Å². The van der Waals surface area contributed by atoms with Crippen LogP contribution in [-0.4, -0.2) is 11.2 Å². The highest BCUT2D eigenvalue weighted by atomic mass is 32.2. The molecule has 3 heteroatoms. The van der Waals surface area contributed by atoms with E-state index in [1.807, 2.05) is 0 Å². The summed E-state index contributed by atoms with van der Waals surface area (Å²) in [5, 5.41) is 3.60. The number of hydrogen-bond donors (Lipinski definition) is 1. The molecule has 60 valence electrons. The number of carbonyl (C=O) groups excluding carboxylic acids is 1. The third-order valence-electron chi connectivity index (χ3n) is 2.03. The number of carbonyl (C=O) groups is 1. The first-order chi connectivity index (χ1) is 5.27. The Balaban J connectivity index is 2.25. The first-order valence-electron chi connectivity index (χ1n) is 3.97. The maximum Gasteiger partial charge on any atom is 0.179 e. The Hall–Kier alpha value is -0.440. The van der Waals surface area contributed by atoms with Gasteiger partial charge in [-0.15, -0.1) is 11.8 Å². The van der Waals surface area contributed by atoms with Crippen molar-refractivity contribution in [3.8, 4) is 0 Å². The van der Waals surface area contributed by atoms with Crippen molar-refractivity contribution in [2.24, 2.45) is 0 Å². The highest BCUT2D eigenvalue weighted by molar-refractivity contribution is 8.03. The van der Waals surface area contributed by atoms with Gasteiger partial charge >= 0.3 is 0 Å². The molecular weight excluding hydrogens is 158 g/mol. The molecule has 1 unspecified atom stereocenters. The van der Waals surface area contributed by atoms with E-state index in [1.54, 1.807) is 11.8 Å². The van der Waals surface area contributed by atoms with Crippen LogP contribution in [0.4, 0.5) is 0 Å². The predicted octanol–water partition coefficient (Wildman–Crippen LogP) is 1.63. The lowest BCUT2D eigenvalue weighted by Gasteiger charge is -2.10. The normalized spacial score (nSPS) is 30.3. The second kappa shape index (κ2) is 2.55. The van der Waals surface area contributed by atoms with E-state index in [2.05, 4.69) is 12.2 Å². The summed E-state index contributed by atoms with van der Waals surface area (Å²) in [5.74, 6) is 0.308. The molecule has 0 amide bonds. The molecule has 0 aromatic carbocycles. The molecule has 1 atom stereocenters. The summed E-state index contributed by atoms with van der Waals surface area (Å²) in [6.45, 7) is 2.09. The van der Waals surface area contributed by atoms with Crippen LogP contribution in [0.15, 0.2) is 10.6 Å². The van der Waals surface area contributed by atoms with E-state index in [0.717, 1.165) is 25.0 Å². The zero-order chi connectivity index (χ0) is 7.84. The van der Waals surface area contributed by atoms with E-state index in [-0.39, 0.29) is 0 Å². The molecule has 0 aromatic rings. The minimum Gasteiger partial charge on any atom is -0.370 e. The van der Waals surface area contributed by atoms with Gasteiger partial charge in [0.2, 0.25) is 0 Å². The molecule has 0 spiro atoms. The topological polar surface area (TPSA) is 29.1 Å². The van der Waals surface area contributed by atoms with Crippen molar-refractivity contribution in [1.29, 1.82) is 0 Å². The summed E-state index contributed by atoms with van der Waals surface area (Å²) in [6, 6.07) is 0. The molecule has 1 heterocycles. The van der Waals surface area contributed by atoms with E-state index in [9.17, 15) is 4.79 Å². The predicted molar refractivity (Wildman–Crippen MR) is 46.1 cm³/mol. The quantitative estimate of drug-likeness (QED) is 0.597. The number of rotatable bonds is 0. The molecular formula is C8H11NOS. The molecule has 0 fully saturated rings. The molecule has 2 aliphatic rings. The summed E-state index contributed by atoms with van der Waals surface area (Å²) in [6.07, 6.45) is 2.88. The van der Waals surface area contributed by atoms with E-state index in [4.69, 9.17) is 0 Å². The largest absolute Gasteiger partial charge is 0.370 e. The van der Waals surface area contributed by atoms with Crippen molar-refractivity contribution < 1.29 is 4.79 Å². The molecule has 0 saturated heterocycles. The van der Waals surface area contributed by atoms with E-state index in [1.165, 1.54) is 4.91 Å². The lowest BCUT2D eigenvalue weighted by atomic mass is 10.0. The third kappa shape index (κ3) is 1.18. The third-order valence-corrected chi connectivity index (χ3v) is 3.20. The highest BCUT2D eigenvalue weighted by Gasteiger charge is 2.28. The number of Topliss-reactive ketones (excluding diaryl/α,β-unsaturated/α-hetero) is 1. The Morgan fingerprint density at radius 1 is 1.55 bits per heavy atom. The summed E-state index contributed by atoms with van der Waals surface area (Å²) in [7, 11) is 0. The molecule has 0 saturated carbocycles. The van der Waals surface area contributed by atoms with E-state index >= 15 is 0 Å². The van der Waals surface area contributed by atoms with Crippen molar-refractivity contribution in [3.63, 3.8) is 0 Å². The Labute approximate surface area is 70.4 Å². The highest BCUT2D eigenvalue weighted by Crippen LogP contribution is 2.37. The zero-order valence-corrected chi connectivity index (χ0v) is 7.33. The number of allylic oxidation sites excluding steroid dienone is 2. The lowest BCUT2D eigenvalue weighted by molar-refractivity contribution is -0.116. The van der Waals surface area contributed by atoms with Crippen LogP contribution in [0.3, 0.4) is 0 Å². The van der Waals surface area contributed by atoms with Gasteiger partial charge in [0.05, 0.1) is 11.1 Å². The molecule has 0 bridgehead atoms. The Morgan fingerprint density at radius 2 is 2.36 bits per heavy atom. The van der Waals surface area contributed by atoms with Gasteiger partial charge < -0.3 is 5.32 Å². The van der Waals surface area contributed by atoms with Crippen molar-refractivity contribution in [3.05, 3.63) is 10.6 Å². The summed E-state index contributed by atoms with van der Waals surface area (Å²) >= 11 is 1.80. The first-order valence-corrected chi connectivity index (χ1v) is 4.85. The van der Waals surface area contributed by atoms with Gasteiger partial charge in [-0.3, -0.25) is 4.79 Å². The average molecular weight is 169 g/mol. The van der Waals surface area contributed by atoms with Gasteiger partial charge in [-0.2, -0.15) is 0 Å². The molecule has 1 aliphatic heterocycles. The lowest BCUT2D eigenvalue weighted by Crippen LogP contribution is -2.23. The van der Waals surface area contributed by atoms with Gasteiger partial charge in [-0.05, 0) is 19.8 Å². The van der Waals surface area contributed by atoms with Crippen molar-refractivity contribution in [1.82, 2.24) is 5.32 Å². The van der Waals surface area contributed by atoms with Crippen LogP contribution in [-0.2, 0) is 4.79 Å². The van der Waals surface area contributed by atoms with Crippen LogP contribution >= 0.6 is 11.8 Å². The van der Waals surface area contributed by atoms with Crippen LogP contribution in [0.25, 0.3) is 0 Å². The number of nitrogens with one attached hydrogen (secondary N) is 1. The molecule has 1 aliphatic carbocycles. The first kappa shape index (κ1) is 7.22. The number of hydrogen-bond acceptors (Lipinski definition) is 3. The second-order valence-electron chi connectivity index (χ2n) is 2.98. The minimum absolute atomic E-state index is 0.308.